The van der Waals surface area contributed by atoms with Gasteiger partial charge in [0.25, 0.3) is 0 Å². The molecule has 0 radical (unpaired) electrons. The van der Waals surface area contributed by atoms with Gasteiger partial charge in [0.2, 0.25) is 0 Å². The van der Waals surface area contributed by atoms with Gasteiger partial charge >= 0.3 is 0 Å². The Morgan fingerprint density at radius 3 is 2.69 bits per heavy atom. The molecule has 2 aromatic heterocycles. The third-order valence-corrected chi connectivity index (χ3v) is 2.32. The topological polar surface area (TPSA) is 139 Å². The number of anilines is 2. The number of hydrogen-bond acceptors (Lipinski definition) is 10. The van der Waals surface area contributed by atoms with Crippen LogP contribution in [0.25, 0.3) is 11.0 Å². The number of hydrazine groups is 5. The minimum absolute atomic E-state index is 0.345. The van der Waals surface area contributed by atoms with E-state index in [4.69, 9.17) is 17.5 Å². The molecule has 10 nitrogen and oxygen atoms in total. The largest absolute Gasteiger partial charge is 0.235 e. The summed E-state index contributed by atoms with van der Waals surface area (Å²) in [5.74, 6) is 17.4. The van der Waals surface area contributed by atoms with E-state index in [1.165, 1.54) is 5.12 Å². The predicted molar refractivity (Wildman–Crippen MR) is 54.5 cm³/mol. The van der Waals surface area contributed by atoms with E-state index in [1.54, 1.807) is 12.3 Å². The van der Waals surface area contributed by atoms with Gasteiger partial charge in [-0.25, -0.2) is 27.6 Å². The maximum absolute atomic E-state index is 5.75. The van der Waals surface area contributed by atoms with E-state index in [1.807, 2.05) is 0 Å². The molecule has 0 unspecified atom stereocenters. The van der Waals surface area contributed by atoms with Crippen LogP contribution in [0.1, 0.15) is 0 Å². The molecule has 82 valence electrons. The van der Waals surface area contributed by atoms with Crippen molar-refractivity contribution >= 4 is 22.5 Å². The molecular weight excluding hydrogens is 212 g/mol. The quantitative estimate of drug-likeness (QED) is 0.419. The second kappa shape index (κ2) is 2.93. The zero-order valence-electron chi connectivity index (χ0n) is 8.02. The number of nitrogens with two attached hydrogens (primary N) is 3. The number of rotatable bonds is 0. The van der Waals surface area contributed by atoms with E-state index in [2.05, 4.69) is 20.4 Å². The molecule has 16 heavy (non-hydrogen) atoms. The molecule has 3 heterocycles. The summed E-state index contributed by atoms with van der Waals surface area (Å²) in [5.41, 5.74) is 1.01. The van der Waals surface area contributed by atoms with Gasteiger partial charge in [-0.05, 0) is 16.5 Å². The molecule has 1 aliphatic rings. The van der Waals surface area contributed by atoms with Crippen molar-refractivity contribution in [3.63, 3.8) is 0 Å². The molecule has 0 fully saturated rings. The lowest BCUT2D eigenvalue weighted by Crippen LogP contribution is -2.65. The fraction of sp³-hybridized carbons (Fsp3) is 0. The van der Waals surface area contributed by atoms with Gasteiger partial charge in [0.05, 0.1) is 11.1 Å². The van der Waals surface area contributed by atoms with Gasteiger partial charge in [0.15, 0.2) is 11.5 Å². The Balaban J connectivity index is 2.43. The Labute approximate surface area is 89.1 Å². The summed E-state index contributed by atoms with van der Waals surface area (Å²) in [5, 5.41) is 15.0. The summed E-state index contributed by atoms with van der Waals surface area (Å²) in [6.45, 7) is 0. The Bertz CT molecular complexity index is 509. The average Bonchev–Trinajstić information content (AvgIpc) is 2.33. The summed E-state index contributed by atoms with van der Waals surface area (Å²) < 4.78 is 0. The summed E-state index contributed by atoms with van der Waals surface area (Å²) >= 11 is 0. The van der Waals surface area contributed by atoms with E-state index in [9.17, 15) is 0 Å². The van der Waals surface area contributed by atoms with Crippen molar-refractivity contribution in [1.29, 1.82) is 0 Å². The van der Waals surface area contributed by atoms with Crippen molar-refractivity contribution < 1.29 is 0 Å². The van der Waals surface area contributed by atoms with Crippen LogP contribution < -0.4 is 27.8 Å². The third-order valence-electron chi connectivity index (χ3n) is 2.32. The molecule has 0 bridgehead atoms. The predicted octanol–water partition coefficient (Wildman–Crippen LogP) is -2.20. The smallest absolute Gasteiger partial charge is 0.199 e. The van der Waals surface area contributed by atoms with Crippen molar-refractivity contribution in [3.8, 4) is 0 Å². The molecule has 0 spiro atoms. The monoisotopic (exact) mass is 220 g/mol. The maximum atomic E-state index is 5.75. The first kappa shape index (κ1) is 9.11. The van der Waals surface area contributed by atoms with Crippen molar-refractivity contribution in [3.05, 3.63) is 12.3 Å². The molecular formula is C6H8N10. The van der Waals surface area contributed by atoms with E-state index in [0.29, 0.717) is 22.5 Å². The molecule has 0 saturated heterocycles. The molecule has 6 N–H and O–H groups in total. The fourth-order valence-corrected chi connectivity index (χ4v) is 1.55. The summed E-state index contributed by atoms with van der Waals surface area (Å²) in [6, 6.07) is 1.68. The van der Waals surface area contributed by atoms with Crippen LogP contribution in [-0.2, 0) is 0 Å². The van der Waals surface area contributed by atoms with Gasteiger partial charge in [0, 0.05) is 6.20 Å². The van der Waals surface area contributed by atoms with Crippen LogP contribution in [0.3, 0.4) is 0 Å². The minimum atomic E-state index is 0.345. The van der Waals surface area contributed by atoms with Gasteiger partial charge in [-0.1, -0.05) is 0 Å². The molecule has 10 heteroatoms. The van der Waals surface area contributed by atoms with Crippen molar-refractivity contribution in [2.45, 2.75) is 0 Å². The van der Waals surface area contributed by atoms with Crippen LogP contribution in [0.15, 0.2) is 12.3 Å². The normalized spacial score (nSPS) is 15.9. The Kier molecular flexibility index (Phi) is 1.67. The van der Waals surface area contributed by atoms with Gasteiger partial charge in [-0.3, -0.25) is 0 Å². The Morgan fingerprint density at radius 1 is 1.06 bits per heavy atom. The lowest BCUT2D eigenvalue weighted by atomic mass is 10.2. The van der Waals surface area contributed by atoms with Gasteiger partial charge in [0.1, 0.15) is 0 Å². The number of pyridine rings is 1. The molecule has 0 saturated carbocycles. The van der Waals surface area contributed by atoms with Gasteiger partial charge in [-0.2, -0.15) is 5.12 Å². The first-order valence-corrected chi connectivity index (χ1v) is 4.32. The molecule has 0 atom stereocenters. The van der Waals surface area contributed by atoms with Crippen LogP contribution in [0.5, 0.6) is 0 Å². The molecule has 0 aliphatic carbocycles. The lowest BCUT2D eigenvalue weighted by molar-refractivity contribution is 0.228. The minimum Gasteiger partial charge on any atom is -0.235 e. The highest BCUT2D eigenvalue weighted by atomic mass is 16.1. The standard InChI is InChI=1S/C6H8N10/c7-14-3-1-2-10-5-4(3)6(12-13-11-5)15(8)16(14)9/h1-2H,7-9H2. The summed E-state index contributed by atoms with van der Waals surface area (Å²) in [6.07, 6.45) is 1.55. The average molecular weight is 220 g/mol. The van der Waals surface area contributed by atoms with E-state index < -0.39 is 0 Å². The zero-order chi connectivity index (χ0) is 11.3. The van der Waals surface area contributed by atoms with Gasteiger partial charge < -0.3 is 0 Å². The van der Waals surface area contributed by atoms with Crippen LogP contribution in [0.4, 0.5) is 11.5 Å². The second-order valence-electron chi connectivity index (χ2n) is 3.15. The molecule has 1 aliphatic heterocycles. The van der Waals surface area contributed by atoms with E-state index in [-0.39, 0.29) is 0 Å². The highest BCUT2D eigenvalue weighted by molar-refractivity contribution is 5.98. The molecule has 0 amide bonds. The number of nitrogens with zero attached hydrogens (tertiary/aromatic N) is 7. The first-order chi connectivity index (χ1) is 7.70. The summed E-state index contributed by atoms with van der Waals surface area (Å²) in [7, 11) is 0. The van der Waals surface area contributed by atoms with Crippen LogP contribution in [-0.4, -0.2) is 25.6 Å². The van der Waals surface area contributed by atoms with Crippen LogP contribution in [0.2, 0.25) is 0 Å². The second-order valence-corrected chi connectivity index (χ2v) is 3.15. The summed E-state index contributed by atoms with van der Waals surface area (Å²) in [4.78, 5) is 4.04. The number of hydrogen-bond donors (Lipinski definition) is 3. The van der Waals surface area contributed by atoms with Gasteiger partial charge in [-0.15, -0.1) is 10.2 Å². The first-order valence-electron chi connectivity index (χ1n) is 4.32. The Morgan fingerprint density at radius 2 is 1.88 bits per heavy atom. The molecule has 0 aromatic carbocycles. The van der Waals surface area contributed by atoms with Crippen molar-refractivity contribution in [2.24, 2.45) is 17.5 Å². The number of aromatic nitrogens is 4. The van der Waals surface area contributed by atoms with E-state index in [0.717, 1.165) is 10.3 Å². The van der Waals surface area contributed by atoms with Crippen LogP contribution >= 0.6 is 0 Å². The van der Waals surface area contributed by atoms with Crippen LogP contribution in [0, 0.1) is 0 Å². The zero-order valence-corrected chi connectivity index (χ0v) is 8.02. The highest BCUT2D eigenvalue weighted by Crippen LogP contribution is 2.32. The van der Waals surface area contributed by atoms with Crippen molar-refractivity contribution in [1.82, 2.24) is 25.6 Å². The SMILES string of the molecule is NN1c2ccnc3nnnc(c23)N(N)N1N. The molecule has 2 aromatic rings. The fourth-order valence-electron chi connectivity index (χ4n) is 1.55. The van der Waals surface area contributed by atoms with E-state index >= 15 is 0 Å². The molecule has 3 rings (SSSR count). The maximum Gasteiger partial charge on any atom is 0.199 e. The third kappa shape index (κ3) is 0.976. The lowest BCUT2D eigenvalue weighted by Gasteiger charge is -2.38. The Hall–Kier alpha value is -2.14. The highest BCUT2D eigenvalue weighted by Gasteiger charge is 2.29. The van der Waals surface area contributed by atoms with Crippen molar-refractivity contribution in [2.75, 3.05) is 10.2 Å².